The van der Waals surface area contributed by atoms with Crippen LogP contribution in [-0.4, -0.2) is 60.3 Å². The predicted octanol–water partition coefficient (Wildman–Crippen LogP) is 21.0. The molecule has 0 N–H and O–H groups in total. The highest BCUT2D eigenvalue weighted by Gasteiger charge is 2.34. The zero-order chi connectivity index (χ0) is 75.2. The predicted molar refractivity (Wildman–Crippen MR) is 361 cm³/mol. The molecule has 9 nitrogen and oxygen atoms in total. The summed E-state index contributed by atoms with van der Waals surface area (Å²) in [4.78, 5) is 74.6. The van der Waals surface area contributed by atoms with Crippen LogP contribution >= 0.6 is 47.8 Å². The lowest BCUT2D eigenvalue weighted by Gasteiger charge is -2.29. The van der Waals surface area contributed by atoms with E-state index in [0.717, 1.165) is 70.7 Å². The Morgan fingerprint density at radius 1 is 0.461 bits per heavy atom. The van der Waals surface area contributed by atoms with Crippen LogP contribution in [0.4, 0.5) is 75.9 Å². The van der Waals surface area contributed by atoms with E-state index >= 15 is 0 Å². The molecule has 0 radical (unpaired) electrons. The molecule has 102 heavy (non-hydrogen) atoms. The van der Waals surface area contributed by atoms with Gasteiger partial charge in [-0.25, -0.2) is 17.6 Å². The van der Waals surface area contributed by atoms with E-state index in [2.05, 4.69) is 47.8 Å². The van der Waals surface area contributed by atoms with E-state index < -0.39 is 71.4 Å². The zero-order valence-corrected chi connectivity index (χ0v) is 57.9. The van der Waals surface area contributed by atoms with Gasteiger partial charge in [0.05, 0.1) is 35.5 Å². The molecule has 0 aliphatic carbocycles. The van der Waals surface area contributed by atoms with Crippen molar-refractivity contribution in [1.82, 2.24) is 4.57 Å². The first-order valence-electron chi connectivity index (χ1n) is 30.1. The largest absolute Gasteiger partial charge is 0.416 e. The van der Waals surface area contributed by atoms with Crippen LogP contribution in [0.3, 0.4) is 0 Å². The van der Waals surface area contributed by atoms with Gasteiger partial charge in [0.25, 0.3) is 18.4 Å². The van der Waals surface area contributed by atoms with Crippen LogP contribution in [0.1, 0.15) is 126 Å². The molecule has 1 fully saturated rings. The van der Waals surface area contributed by atoms with Gasteiger partial charge in [0, 0.05) is 110 Å². The molecule has 9 aromatic rings. The minimum absolute atomic E-state index is 0.0561. The van der Waals surface area contributed by atoms with Crippen molar-refractivity contribution < 1.29 is 99.0 Å². The number of carbonyl (C=O) groups excluding carboxylic acids is 5. The molecule has 0 unspecified atom stereocenters. The van der Waals surface area contributed by atoms with Crippen LogP contribution in [0, 0.1) is 6.92 Å². The number of nitrogens with zero attached hydrogens (tertiary/aromatic N) is 2. The maximum atomic E-state index is 13.9. The number of hydrogen-bond donors (Lipinski definition) is 0. The fourth-order valence-electron chi connectivity index (χ4n) is 10.1. The topological polar surface area (TPSA) is 120 Å². The molecule has 536 valence electrons. The van der Waals surface area contributed by atoms with Crippen LogP contribution in [0.5, 0.6) is 0 Å². The van der Waals surface area contributed by atoms with Gasteiger partial charge in [0.1, 0.15) is 5.69 Å². The molecule has 1 aliphatic heterocycles. The number of aldehydes is 1. The number of hydrogen-bond acceptors (Lipinski definition) is 8. The molecule has 0 saturated carbocycles. The highest BCUT2D eigenvalue weighted by molar-refractivity contribution is 9.11. The smallest absolute Gasteiger partial charge is 0.378 e. The Morgan fingerprint density at radius 3 is 1.17 bits per heavy atom. The molecule has 8 aromatic carbocycles. The van der Waals surface area contributed by atoms with Crippen molar-refractivity contribution in [2.75, 3.05) is 31.2 Å². The second-order valence-electron chi connectivity index (χ2n) is 22.8. The van der Waals surface area contributed by atoms with Gasteiger partial charge in [-0.15, -0.1) is 0 Å². The number of halogens is 19. The number of benzene rings is 8. The van der Waals surface area contributed by atoms with Crippen molar-refractivity contribution in [1.29, 1.82) is 0 Å². The van der Waals surface area contributed by atoms with E-state index in [1.807, 2.05) is 11.8 Å². The third-order valence-electron chi connectivity index (χ3n) is 15.4. The molecular formula is C74H55Br3F16N2O7. The van der Waals surface area contributed by atoms with Crippen LogP contribution in [-0.2, 0) is 62.2 Å². The number of carbonyl (C=O) groups is 5. The van der Waals surface area contributed by atoms with E-state index in [1.165, 1.54) is 115 Å². The normalized spacial score (nSPS) is 12.5. The maximum absolute atomic E-state index is 13.9. The molecule has 1 saturated heterocycles. The third kappa shape index (κ3) is 22.6. The first kappa shape index (κ1) is 80.5. The summed E-state index contributed by atoms with van der Waals surface area (Å²) in [7, 11) is 1.51. The number of alkyl halides is 16. The lowest BCUT2D eigenvalue weighted by Crippen LogP contribution is -2.40. The van der Waals surface area contributed by atoms with E-state index in [-0.39, 0.29) is 91.8 Å². The van der Waals surface area contributed by atoms with Crippen molar-refractivity contribution in [3.8, 4) is 11.1 Å². The summed E-state index contributed by atoms with van der Waals surface area (Å²) in [5.41, 5.74) is 0.0633. The second-order valence-corrected chi connectivity index (χ2v) is 25.3. The van der Waals surface area contributed by atoms with Crippen LogP contribution in [0.2, 0.25) is 0 Å². The molecule has 10 rings (SSSR count). The standard InChI is InChI=1S/C26H23F5N2O3.C16H10BrF5O.C16H10BrF3O2.C16H12BrF3O/c1-32-15-18(14-22(25(32)35)33-7-9-36-10-8-33)21-13-17(5-6-20(21)24(27)28)23(34)12-16-3-2-4-19(11-16)26(29,30)31;17-13-8-10(4-5-12(13)15(18)19)14(23)7-9-2-1-3-11(6-9)16(20,21)22;17-14-8-11(4-5-12(14)9-21)15(22)7-10-2-1-3-13(6-10)16(18,19)20;1-10-5-6-12(9-14(10)17)15(21)8-11-3-2-4-13(7-11)16(18,19)20/h2-6,11,13-15,24H,7-10,12H2,1H3;1-6,8,15H,7H2;1-6,8-9H,7H2;2-7,9H,8H2,1H3. The molecule has 0 atom stereocenters. The summed E-state index contributed by atoms with van der Waals surface area (Å²) in [6.07, 6.45) is -22.1. The molecule has 0 bridgehead atoms. The number of aromatic nitrogens is 1. The minimum atomic E-state index is -4.55. The number of Topliss-reactive ketones (excluding diaryl/α,β-unsaturated/α-hetero) is 4. The molecule has 0 spiro atoms. The fraction of sp³-hybridized carbons (Fsp3) is 0.216. The lowest BCUT2D eigenvalue weighted by atomic mass is 9.94. The van der Waals surface area contributed by atoms with Crippen molar-refractivity contribution in [2.24, 2.45) is 7.05 Å². The number of ketones is 4. The Morgan fingerprint density at radius 2 is 0.814 bits per heavy atom. The molecule has 0 amide bonds. The van der Waals surface area contributed by atoms with Crippen molar-refractivity contribution in [3.05, 3.63) is 295 Å². The van der Waals surface area contributed by atoms with Gasteiger partial charge in [-0.05, 0) is 101 Å². The molecule has 28 heteroatoms. The van der Waals surface area contributed by atoms with Gasteiger partial charge >= 0.3 is 24.7 Å². The highest BCUT2D eigenvalue weighted by Crippen LogP contribution is 2.37. The van der Waals surface area contributed by atoms with Crippen molar-refractivity contribution >= 4 is 82.9 Å². The van der Waals surface area contributed by atoms with Gasteiger partial charge in [-0.3, -0.25) is 28.8 Å². The highest BCUT2D eigenvalue weighted by atomic mass is 79.9. The number of ether oxygens (including phenoxy) is 1. The van der Waals surface area contributed by atoms with E-state index in [0.29, 0.717) is 70.6 Å². The molecule has 2 heterocycles. The Hall–Kier alpha value is -8.86. The van der Waals surface area contributed by atoms with Crippen molar-refractivity contribution in [2.45, 2.75) is 70.2 Å². The van der Waals surface area contributed by atoms with Crippen LogP contribution < -0.4 is 10.5 Å². The first-order valence-corrected chi connectivity index (χ1v) is 32.5. The monoisotopic (exact) mass is 1620 g/mol. The van der Waals surface area contributed by atoms with Gasteiger partial charge in [0.2, 0.25) is 0 Å². The summed E-state index contributed by atoms with van der Waals surface area (Å²) in [6, 6.07) is 36.8. The summed E-state index contributed by atoms with van der Waals surface area (Å²) in [6.45, 7) is 3.68. The maximum Gasteiger partial charge on any atom is 0.416 e. The Bertz CT molecular complexity index is 4580. The summed E-state index contributed by atoms with van der Waals surface area (Å²) < 4.78 is 214. The summed E-state index contributed by atoms with van der Waals surface area (Å²) in [5, 5.41) is 0. The average molecular weight is 1630 g/mol. The van der Waals surface area contributed by atoms with Gasteiger partial charge in [0.15, 0.2) is 29.4 Å². The van der Waals surface area contributed by atoms with Gasteiger partial charge in [-0.2, -0.15) is 52.7 Å². The van der Waals surface area contributed by atoms with Crippen molar-refractivity contribution in [3.63, 3.8) is 0 Å². The quantitative estimate of drug-likeness (QED) is 0.0502. The SMILES string of the molecule is Cc1ccc(C(=O)Cc2cccc(C(F)(F)F)c2)cc1Br.Cn1cc(-c2cc(C(=O)Cc3cccc(C(F)(F)F)c3)ccc2C(F)F)cc(N2CCOCC2)c1=O.O=C(Cc1cccc(C(F)(F)F)c1)c1ccc(C(F)F)c(Br)c1.O=Cc1ccc(C(=O)Cc2cccc(C(F)(F)F)c2)cc1Br. The van der Waals surface area contributed by atoms with E-state index in [4.69, 9.17) is 4.74 Å². The second kappa shape index (κ2) is 34.9. The fourth-order valence-corrected chi connectivity index (χ4v) is 11.5. The van der Waals surface area contributed by atoms with E-state index in [9.17, 15) is 99.0 Å². The summed E-state index contributed by atoms with van der Waals surface area (Å²) in [5.74, 6) is -1.51. The average Bonchev–Trinajstić information content (AvgIpc) is 0.811. The molecule has 1 aromatic heterocycles. The summed E-state index contributed by atoms with van der Waals surface area (Å²) >= 11 is 9.46. The third-order valence-corrected chi connectivity index (χ3v) is 17.6. The number of rotatable bonds is 17. The van der Waals surface area contributed by atoms with Gasteiger partial charge in [-0.1, -0.05) is 163 Å². The number of morpholine rings is 1. The van der Waals surface area contributed by atoms with Gasteiger partial charge < -0.3 is 14.2 Å². The lowest BCUT2D eigenvalue weighted by molar-refractivity contribution is -0.138. The first-order chi connectivity index (χ1) is 47.8. The number of pyridine rings is 1. The van der Waals surface area contributed by atoms with Crippen LogP contribution in [0.25, 0.3) is 11.1 Å². The Kier molecular flexibility index (Phi) is 27.5. The Balaban J connectivity index is 0.000000196. The van der Waals surface area contributed by atoms with Crippen LogP contribution in [0.15, 0.2) is 200 Å². The van der Waals surface area contributed by atoms with E-state index in [1.54, 1.807) is 18.2 Å². The molecular weight excluding hydrogens is 1570 g/mol. The zero-order valence-electron chi connectivity index (χ0n) is 53.1. The number of anilines is 1. The Labute approximate surface area is 597 Å². The molecule has 1 aliphatic rings. The minimum Gasteiger partial charge on any atom is -0.378 e. The number of aryl methyl sites for hydroxylation is 2.